The first-order valence-corrected chi connectivity index (χ1v) is 14.7. The van der Waals surface area contributed by atoms with Crippen LogP contribution < -0.4 is 0 Å². The van der Waals surface area contributed by atoms with E-state index in [-0.39, 0.29) is 5.82 Å². The van der Waals surface area contributed by atoms with Gasteiger partial charge in [-0.15, -0.1) is 0 Å². The van der Waals surface area contributed by atoms with Crippen LogP contribution in [0.1, 0.15) is 118 Å². The molecule has 3 aromatic carbocycles. The van der Waals surface area contributed by atoms with Crippen LogP contribution in [0.25, 0.3) is 0 Å². The van der Waals surface area contributed by atoms with Crippen LogP contribution >= 0.6 is 0 Å². The van der Waals surface area contributed by atoms with E-state index in [1.54, 1.807) is 6.07 Å². The smallest absolute Gasteiger partial charge is 0.140 e. The fourth-order valence-corrected chi connectivity index (χ4v) is 4.53. The molecule has 0 bridgehead atoms. The predicted molar refractivity (Wildman–Crippen MR) is 161 cm³/mol. The molecule has 0 heterocycles. The molecule has 0 aliphatic rings. The number of halogens is 1. The summed E-state index contributed by atoms with van der Waals surface area (Å²) in [6.07, 6.45) is 16.7. The van der Waals surface area contributed by atoms with Crippen molar-refractivity contribution in [1.29, 1.82) is 0 Å². The highest BCUT2D eigenvalue weighted by Crippen LogP contribution is 2.14. The second kappa shape index (κ2) is 17.3. The first-order chi connectivity index (χ1) is 18.7. The van der Waals surface area contributed by atoms with E-state index in [1.165, 1.54) is 87.8 Å². The maximum atomic E-state index is 14.6. The Labute approximate surface area is 231 Å². The van der Waals surface area contributed by atoms with Crippen LogP contribution in [0.4, 0.5) is 4.39 Å². The Kier molecular flexibility index (Phi) is 13.3. The third-order valence-electron chi connectivity index (χ3n) is 6.96. The Hall–Kier alpha value is -3.29. The summed E-state index contributed by atoms with van der Waals surface area (Å²) in [7, 11) is 0. The van der Waals surface area contributed by atoms with Crippen LogP contribution in [-0.4, -0.2) is 0 Å². The normalized spacial score (nSPS) is 10.4. The predicted octanol–water partition coefficient (Wildman–Crippen LogP) is 10.0. The summed E-state index contributed by atoms with van der Waals surface area (Å²) in [6, 6.07) is 21.8. The van der Waals surface area contributed by atoms with Gasteiger partial charge in [0.05, 0.1) is 5.56 Å². The number of hydrogen-bond acceptors (Lipinski definition) is 0. The molecule has 0 spiro atoms. The van der Waals surface area contributed by atoms with Crippen LogP contribution in [0.15, 0.2) is 66.7 Å². The molecular weight excluding hydrogens is 463 g/mol. The van der Waals surface area contributed by atoms with Crippen molar-refractivity contribution >= 4 is 0 Å². The van der Waals surface area contributed by atoms with Crippen molar-refractivity contribution in [2.45, 2.75) is 97.3 Å². The summed E-state index contributed by atoms with van der Waals surface area (Å²) >= 11 is 0. The van der Waals surface area contributed by atoms with Gasteiger partial charge in [-0.1, -0.05) is 120 Å². The Bertz CT molecular complexity index is 1210. The summed E-state index contributed by atoms with van der Waals surface area (Å²) in [6.45, 7) is 4.48. The van der Waals surface area contributed by atoms with Crippen LogP contribution in [0.5, 0.6) is 0 Å². The summed E-state index contributed by atoms with van der Waals surface area (Å²) in [4.78, 5) is 0. The summed E-state index contributed by atoms with van der Waals surface area (Å²) in [5.74, 6) is 12.0. The second-order valence-electron chi connectivity index (χ2n) is 10.3. The van der Waals surface area contributed by atoms with Gasteiger partial charge in [0.25, 0.3) is 0 Å². The van der Waals surface area contributed by atoms with Gasteiger partial charge in [0.2, 0.25) is 0 Å². The Morgan fingerprint density at radius 3 is 1.45 bits per heavy atom. The molecule has 0 N–H and O–H groups in total. The standard InChI is InChI=1S/C37H43F/c1-3-5-7-8-9-10-11-13-15-32-16-20-33(21-17-32)24-25-35-27-29-36(37(38)30-35)28-26-34-22-18-31(19-23-34)14-12-6-4-2/h16-23,27,29-30H,3-15H2,1-2H3. The number of aryl methyl sites for hydroxylation is 2. The van der Waals surface area contributed by atoms with Crippen LogP contribution in [0.2, 0.25) is 0 Å². The first-order valence-electron chi connectivity index (χ1n) is 14.7. The molecule has 0 aliphatic carbocycles. The molecular formula is C37H43F. The maximum Gasteiger partial charge on any atom is 0.140 e. The molecule has 0 saturated heterocycles. The van der Waals surface area contributed by atoms with Crippen LogP contribution in [0, 0.1) is 29.5 Å². The number of benzene rings is 3. The van der Waals surface area contributed by atoms with E-state index in [0.29, 0.717) is 11.1 Å². The van der Waals surface area contributed by atoms with Crippen molar-refractivity contribution in [1.82, 2.24) is 0 Å². The number of rotatable bonds is 13. The molecule has 0 radical (unpaired) electrons. The molecule has 1 heteroatoms. The fourth-order valence-electron chi connectivity index (χ4n) is 4.53. The van der Waals surface area contributed by atoms with Crippen molar-refractivity contribution in [3.8, 4) is 23.7 Å². The lowest BCUT2D eigenvalue weighted by Gasteiger charge is -2.03. The van der Waals surface area contributed by atoms with Crippen molar-refractivity contribution in [2.24, 2.45) is 0 Å². The van der Waals surface area contributed by atoms with E-state index in [0.717, 1.165) is 24.0 Å². The lowest BCUT2D eigenvalue weighted by atomic mass is 10.0. The molecule has 0 aliphatic heterocycles. The van der Waals surface area contributed by atoms with Gasteiger partial charge in [0.15, 0.2) is 0 Å². The van der Waals surface area contributed by atoms with Gasteiger partial charge in [-0.25, -0.2) is 4.39 Å². The highest BCUT2D eigenvalue weighted by atomic mass is 19.1. The van der Waals surface area contributed by atoms with Gasteiger partial charge in [0.1, 0.15) is 5.82 Å². The number of unbranched alkanes of at least 4 members (excludes halogenated alkanes) is 9. The Morgan fingerprint density at radius 1 is 0.474 bits per heavy atom. The van der Waals surface area contributed by atoms with E-state index in [1.807, 2.05) is 18.2 Å². The quantitative estimate of drug-likeness (QED) is 0.160. The first kappa shape index (κ1) is 29.3. The minimum Gasteiger partial charge on any atom is -0.206 e. The molecule has 0 atom stereocenters. The summed E-state index contributed by atoms with van der Waals surface area (Å²) in [5.41, 5.74) is 5.60. The summed E-state index contributed by atoms with van der Waals surface area (Å²) in [5, 5.41) is 0. The van der Waals surface area contributed by atoms with Gasteiger partial charge in [-0.3, -0.25) is 0 Å². The van der Waals surface area contributed by atoms with E-state index in [2.05, 4.69) is 73.9 Å². The highest BCUT2D eigenvalue weighted by molar-refractivity contribution is 5.49. The lowest BCUT2D eigenvalue weighted by Crippen LogP contribution is -1.88. The largest absolute Gasteiger partial charge is 0.206 e. The van der Waals surface area contributed by atoms with E-state index in [9.17, 15) is 4.39 Å². The Morgan fingerprint density at radius 2 is 0.895 bits per heavy atom. The molecule has 0 aromatic heterocycles. The van der Waals surface area contributed by atoms with Crippen molar-refractivity contribution in [3.05, 3.63) is 106 Å². The Balaban J connectivity index is 1.47. The zero-order chi connectivity index (χ0) is 26.8. The van der Waals surface area contributed by atoms with Crippen LogP contribution in [-0.2, 0) is 12.8 Å². The average molecular weight is 507 g/mol. The maximum absolute atomic E-state index is 14.6. The second-order valence-corrected chi connectivity index (χ2v) is 10.3. The molecule has 0 saturated carbocycles. The SMILES string of the molecule is CCCCCCCCCCc1ccc(C#Cc2ccc(C#Cc3ccc(CCCCC)cc3)c(F)c2)cc1. The fraction of sp³-hybridized carbons (Fsp3) is 0.405. The van der Waals surface area contributed by atoms with Gasteiger partial charge in [0, 0.05) is 16.7 Å². The minimum absolute atomic E-state index is 0.332. The van der Waals surface area contributed by atoms with E-state index >= 15 is 0 Å². The van der Waals surface area contributed by atoms with Crippen molar-refractivity contribution in [3.63, 3.8) is 0 Å². The molecule has 198 valence electrons. The van der Waals surface area contributed by atoms with E-state index < -0.39 is 0 Å². The number of hydrogen-bond donors (Lipinski definition) is 0. The monoisotopic (exact) mass is 506 g/mol. The molecule has 38 heavy (non-hydrogen) atoms. The van der Waals surface area contributed by atoms with Crippen molar-refractivity contribution < 1.29 is 4.39 Å². The average Bonchev–Trinajstić information content (AvgIpc) is 2.94. The minimum atomic E-state index is -0.332. The molecule has 0 fully saturated rings. The zero-order valence-corrected chi connectivity index (χ0v) is 23.4. The van der Waals surface area contributed by atoms with Gasteiger partial charge < -0.3 is 0 Å². The lowest BCUT2D eigenvalue weighted by molar-refractivity contribution is 0.575. The van der Waals surface area contributed by atoms with Crippen LogP contribution in [0.3, 0.4) is 0 Å². The van der Waals surface area contributed by atoms with Crippen molar-refractivity contribution in [2.75, 3.05) is 0 Å². The van der Waals surface area contributed by atoms with Gasteiger partial charge >= 0.3 is 0 Å². The molecule has 3 aromatic rings. The summed E-state index contributed by atoms with van der Waals surface area (Å²) < 4.78 is 14.6. The third-order valence-corrected chi connectivity index (χ3v) is 6.96. The van der Waals surface area contributed by atoms with E-state index in [4.69, 9.17) is 0 Å². The molecule has 0 nitrogen and oxygen atoms in total. The third kappa shape index (κ3) is 11.0. The molecule has 0 amide bonds. The topological polar surface area (TPSA) is 0 Å². The zero-order valence-electron chi connectivity index (χ0n) is 23.4. The molecule has 0 unspecified atom stereocenters. The molecule has 3 rings (SSSR count). The van der Waals surface area contributed by atoms with Gasteiger partial charge in [-0.2, -0.15) is 0 Å². The highest BCUT2D eigenvalue weighted by Gasteiger charge is 2.01. The van der Waals surface area contributed by atoms with Gasteiger partial charge in [-0.05, 0) is 79.3 Å².